The van der Waals surface area contributed by atoms with Gasteiger partial charge in [-0.2, -0.15) is 0 Å². The van der Waals surface area contributed by atoms with E-state index in [0.717, 1.165) is 22.2 Å². The third kappa shape index (κ3) is 5.35. The van der Waals surface area contributed by atoms with Crippen LogP contribution in [-0.4, -0.2) is 42.2 Å². The Balaban J connectivity index is 1.78. The zero-order valence-electron chi connectivity index (χ0n) is 17.2. The van der Waals surface area contributed by atoms with Crippen molar-refractivity contribution in [1.29, 1.82) is 0 Å². The number of amides is 3. The van der Waals surface area contributed by atoms with Gasteiger partial charge in [0.2, 0.25) is 0 Å². The topological polar surface area (TPSA) is 84.9 Å². The molecule has 1 aliphatic heterocycles. The van der Waals surface area contributed by atoms with Crippen LogP contribution in [0, 0.1) is 6.92 Å². The third-order valence-electron chi connectivity index (χ3n) is 4.38. The number of hydrogen-bond acceptors (Lipinski definition) is 6. The quantitative estimate of drug-likeness (QED) is 0.490. The van der Waals surface area contributed by atoms with Crippen LogP contribution in [0.15, 0.2) is 60.0 Å². The Morgan fingerprint density at radius 2 is 1.94 bits per heavy atom. The molecule has 0 spiro atoms. The Labute approximate surface area is 184 Å². The molecule has 0 radical (unpaired) electrons. The monoisotopic (exact) mass is 438 g/mol. The highest BCUT2D eigenvalue weighted by Crippen LogP contribution is 2.37. The van der Waals surface area contributed by atoms with E-state index in [9.17, 15) is 14.4 Å². The zero-order valence-corrected chi connectivity index (χ0v) is 18.0. The third-order valence-corrected chi connectivity index (χ3v) is 5.29. The standard InChI is InChI=1S/C23H22N2O5S/c1-4-12-25-22(27)19(31-23(25)28)13-16-6-5-7-18(29-3)21(16)30-14-20(26)24-17-10-8-15(2)9-11-17/h4-11,13H,1,12,14H2,2-3H3,(H,24,26)/b19-13+. The molecule has 160 valence electrons. The molecule has 0 atom stereocenters. The number of carbonyl (C=O) groups excluding carboxylic acids is 3. The lowest BCUT2D eigenvalue weighted by molar-refractivity contribution is -0.122. The van der Waals surface area contributed by atoms with Gasteiger partial charge in [0.25, 0.3) is 17.1 Å². The highest BCUT2D eigenvalue weighted by Gasteiger charge is 2.34. The van der Waals surface area contributed by atoms with Crippen molar-refractivity contribution in [2.45, 2.75) is 6.92 Å². The van der Waals surface area contributed by atoms with Gasteiger partial charge in [-0.15, -0.1) is 6.58 Å². The predicted molar refractivity (Wildman–Crippen MR) is 121 cm³/mol. The summed E-state index contributed by atoms with van der Waals surface area (Å²) in [6.45, 7) is 5.41. The number of thioether (sulfide) groups is 1. The van der Waals surface area contributed by atoms with E-state index in [-0.39, 0.29) is 29.2 Å². The molecule has 8 heteroatoms. The number of nitrogens with one attached hydrogen (secondary N) is 1. The Morgan fingerprint density at radius 1 is 1.19 bits per heavy atom. The van der Waals surface area contributed by atoms with E-state index >= 15 is 0 Å². The van der Waals surface area contributed by atoms with Crippen molar-refractivity contribution in [2.24, 2.45) is 0 Å². The molecule has 3 rings (SSSR count). The molecule has 1 saturated heterocycles. The van der Waals surface area contributed by atoms with E-state index in [1.807, 2.05) is 19.1 Å². The summed E-state index contributed by atoms with van der Waals surface area (Å²) in [5.74, 6) is -0.0328. The van der Waals surface area contributed by atoms with Gasteiger partial charge >= 0.3 is 0 Å². The SMILES string of the molecule is C=CCN1C(=O)S/C(=C/c2cccc(OC)c2OCC(=O)Nc2ccc(C)cc2)C1=O. The van der Waals surface area contributed by atoms with E-state index in [2.05, 4.69) is 11.9 Å². The number of para-hydroxylation sites is 1. The Kier molecular flexibility index (Phi) is 7.15. The maximum Gasteiger partial charge on any atom is 0.293 e. The smallest absolute Gasteiger partial charge is 0.293 e. The molecule has 1 aliphatic rings. The summed E-state index contributed by atoms with van der Waals surface area (Å²) in [5.41, 5.74) is 2.27. The van der Waals surface area contributed by atoms with Crippen LogP contribution in [0.2, 0.25) is 0 Å². The van der Waals surface area contributed by atoms with Gasteiger partial charge in [0.1, 0.15) is 0 Å². The number of carbonyl (C=O) groups is 3. The molecule has 7 nitrogen and oxygen atoms in total. The molecule has 2 aromatic carbocycles. The lowest BCUT2D eigenvalue weighted by Gasteiger charge is -2.14. The van der Waals surface area contributed by atoms with Crippen molar-refractivity contribution in [3.05, 3.63) is 71.2 Å². The second-order valence-corrected chi connectivity index (χ2v) is 7.66. The van der Waals surface area contributed by atoms with E-state index in [1.165, 1.54) is 13.2 Å². The molecule has 1 N–H and O–H groups in total. The van der Waals surface area contributed by atoms with E-state index in [1.54, 1.807) is 36.4 Å². The number of imide groups is 1. The molecule has 1 fully saturated rings. The number of anilines is 1. The minimum atomic E-state index is -0.402. The van der Waals surface area contributed by atoms with Crippen LogP contribution in [0.1, 0.15) is 11.1 Å². The largest absolute Gasteiger partial charge is 0.493 e. The summed E-state index contributed by atoms with van der Waals surface area (Å²) in [6, 6.07) is 12.5. The first-order valence-corrected chi connectivity index (χ1v) is 10.3. The number of methoxy groups -OCH3 is 1. The van der Waals surface area contributed by atoms with Crippen molar-refractivity contribution in [2.75, 3.05) is 25.6 Å². The number of hydrogen-bond donors (Lipinski definition) is 1. The fourth-order valence-corrected chi connectivity index (χ4v) is 3.70. The van der Waals surface area contributed by atoms with Gasteiger partial charge in [0.05, 0.1) is 12.0 Å². The second kappa shape index (κ2) is 9.99. The first-order chi connectivity index (χ1) is 14.9. The van der Waals surface area contributed by atoms with Crippen LogP contribution >= 0.6 is 11.8 Å². The summed E-state index contributed by atoms with van der Waals surface area (Å²) in [4.78, 5) is 38.3. The van der Waals surface area contributed by atoms with Gasteiger partial charge < -0.3 is 14.8 Å². The van der Waals surface area contributed by atoms with Gasteiger partial charge in [-0.1, -0.05) is 35.9 Å². The Hall–Kier alpha value is -3.52. The maximum absolute atomic E-state index is 12.5. The zero-order chi connectivity index (χ0) is 22.4. The number of ether oxygens (including phenoxy) is 2. The molecule has 0 aliphatic carbocycles. The van der Waals surface area contributed by atoms with Crippen molar-refractivity contribution >= 4 is 40.6 Å². The van der Waals surface area contributed by atoms with Gasteiger partial charge in [0.15, 0.2) is 18.1 Å². The number of aryl methyl sites for hydroxylation is 1. The highest BCUT2D eigenvalue weighted by atomic mass is 32.2. The molecule has 3 amide bonds. The number of rotatable bonds is 8. The summed E-state index contributed by atoms with van der Waals surface area (Å²) < 4.78 is 11.1. The van der Waals surface area contributed by atoms with Crippen LogP contribution in [0.3, 0.4) is 0 Å². The first-order valence-electron chi connectivity index (χ1n) is 9.45. The van der Waals surface area contributed by atoms with Crippen molar-refractivity contribution < 1.29 is 23.9 Å². The van der Waals surface area contributed by atoms with Crippen molar-refractivity contribution in [1.82, 2.24) is 4.90 Å². The van der Waals surface area contributed by atoms with Crippen LogP contribution in [0.5, 0.6) is 11.5 Å². The first kappa shape index (κ1) is 22.2. The minimum Gasteiger partial charge on any atom is -0.493 e. The van der Waals surface area contributed by atoms with Gasteiger partial charge in [0, 0.05) is 17.8 Å². The predicted octanol–water partition coefficient (Wildman–Crippen LogP) is 4.24. The molecule has 2 aromatic rings. The van der Waals surface area contributed by atoms with Crippen molar-refractivity contribution in [3.8, 4) is 11.5 Å². The summed E-state index contributed by atoms with van der Waals surface area (Å²) in [7, 11) is 1.48. The van der Waals surface area contributed by atoms with Gasteiger partial charge in [-0.05, 0) is 43.0 Å². The van der Waals surface area contributed by atoms with E-state index in [0.29, 0.717) is 22.7 Å². The number of benzene rings is 2. The van der Waals surface area contributed by atoms with E-state index in [4.69, 9.17) is 9.47 Å². The van der Waals surface area contributed by atoms with Gasteiger partial charge in [-0.25, -0.2) is 0 Å². The second-order valence-electron chi connectivity index (χ2n) is 6.66. The molecular weight excluding hydrogens is 416 g/mol. The molecule has 0 saturated carbocycles. The lowest BCUT2D eigenvalue weighted by atomic mass is 10.1. The fourth-order valence-electron chi connectivity index (χ4n) is 2.86. The average molecular weight is 439 g/mol. The maximum atomic E-state index is 12.5. The normalized spacial score (nSPS) is 14.6. The molecule has 0 aromatic heterocycles. The minimum absolute atomic E-state index is 0.142. The average Bonchev–Trinajstić information content (AvgIpc) is 3.02. The van der Waals surface area contributed by atoms with Crippen LogP contribution in [0.4, 0.5) is 10.5 Å². The van der Waals surface area contributed by atoms with Crippen LogP contribution in [-0.2, 0) is 9.59 Å². The van der Waals surface area contributed by atoms with E-state index < -0.39 is 5.91 Å². The lowest BCUT2D eigenvalue weighted by Crippen LogP contribution is -2.27. The van der Waals surface area contributed by atoms with Crippen LogP contribution < -0.4 is 14.8 Å². The summed E-state index contributed by atoms with van der Waals surface area (Å²) in [6.07, 6.45) is 3.05. The molecule has 0 bridgehead atoms. The Bertz CT molecular complexity index is 1050. The Morgan fingerprint density at radius 3 is 2.61 bits per heavy atom. The van der Waals surface area contributed by atoms with Crippen LogP contribution in [0.25, 0.3) is 6.08 Å². The van der Waals surface area contributed by atoms with Gasteiger partial charge in [-0.3, -0.25) is 19.3 Å². The number of nitrogens with zero attached hydrogens (tertiary/aromatic N) is 1. The fraction of sp³-hybridized carbons (Fsp3) is 0.174. The molecule has 0 unspecified atom stereocenters. The molecular formula is C23H22N2O5S. The molecule has 31 heavy (non-hydrogen) atoms. The summed E-state index contributed by atoms with van der Waals surface area (Å²) in [5, 5.41) is 2.40. The summed E-state index contributed by atoms with van der Waals surface area (Å²) >= 11 is 0.841. The highest BCUT2D eigenvalue weighted by molar-refractivity contribution is 8.18. The molecule has 1 heterocycles. The van der Waals surface area contributed by atoms with Crippen molar-refractivity contribution in [3.63, 3.8) is 0 Å².